The molecule has 0 saturated carbocycles. The zero-order valence-corrected chi connectivity index (χ0v) is 24.3. The molecule has 8 heteroatoms. The Hall–Kier alpha value is -1.86. The summed E-state index contributed by atoms with van der Waals surface area (Å²) in [5.74, 6) is 2.63. The van der Waals surface area contributed by atoms with E-state index in [1.165, 1.54) is 14.2 Å². The fraction of sp³-hybridized carbons (Fsp3) is 0.519. The molecule has 1 atom stereocenters. The standard InChI is InChI=1S/C27H39O6P.Li.H/c1-25(2,3)31-17-15-20(32-26(4,5)6)23(21(16-17)33-27(7,8)9)34-24(28)22-18(29-10)13-12-14-19(22)30-11;;/h12-16,34H,1-11H3;;/q;+1;-1. The van der Waals surface area contributed by atoms with E-state index in [-0.39, 0.29) is 34.4 Å². The summed E-state index contributed by atoms with van der Waals surface area (Å²) < 4.78 is 29.7. The summed E-state index contributed by atoms with van der Waals surface area (Å²) in [5.41, 5.74) is -1.16. The van der Waals surface area contributed by atoms with Crippen molar-refractivity contribution in [1.82, 2.24) is 0 Å². The summed E-state index contributed by atoms with van der Waals surface area (Å²) in [6, 6.07) is 8.96. The molecule has 190 valence electrons. The molecule has 0 amide bonds. The number of carbonyl (C=O) groups is 1. The first kappa shape index (κ1) is 31.2. The Balaban J connectivity index is 0.00000612. The van der Waals surface area contributed by atoms with Crippen LogP contribution in [0.3, 0.4) is 0 Å². The summed E-state index contributed by atoms with van der Waals surface area (Å²) in [6.45, 7) is 17.7. The second-order valence-electron chi connectivity index (χ2n) is 10.9. The van der Waals surface area contributed by atoms with E-state index in [4.69, 9.17) is 23.7 Å². The summed E-state index contributed by atoms with van der Waals surface area (Å²) >= 11 is 0. The van der Waals surface area contributed by atoms with Crippen molar-refractivity contribution >= 4 is 19.4 Å². The first-order valence-corrected chi connectivity index (χ1v) is 12.3. The molecule has 2 rings (SSSR count). The predicted octanol–water partition coefficient (Wildman–Crippen LogP) is 3.50. The third-order valence-corrected chi connectivity index (χ3v) is 5.41. The van der Waals surface area contributed by atoms with Crippen LogP contribution in [-0.4, -0.2) is 36.5 Å². The van der Waals surface area contributed by atoms with Crippen LogP contribution in [0.25, 0.3) is 0 Å². The number of benzene rings is 2. The average Bonchev–Trinajstić information content (AvgIpc) is 2.66. The Labute approximate surface area is 225 Å². The van der Waals surface area contributed by atoms with Gasteiger partial charge in [0.25, 0.3) is 0 Å². The smallest absolute Gasteiger partial charge is 1.00 e. The van der Waals surface area contributed by atoms with Crippen molar-refractivity contribution in [2.24, 2.45) is 0 Å². The van der Waals surface area contributed by atoms with Crippen LogP contribution >= 0.6 is 8.58 Å². The van der Waals surface area contributed by atoms with E-state index >= 15 is 0 Å². The van der Waals surface area contributed by atoms with Gasteiger partial charge in [-0.05, 0) is 83.0 Å². The monoisotopic (exact) mass is 498 g/mol. The number of carbonyl (C=O) groups excluding carboxylic acids is 1. The Morgan fingerprint density at radius 1 is 0.714 bits per heavy atom. The van der Waals surface area contributed by atoms with Gasteiger partial charge in [0, 0.05) is 12.1 Å². The molecule has 0 radical (unpaired) electrons. The number of hydrogen-bond donors (Lipinski definition) is 0. The van der Waals surface area contributed by atoms with Crippen LogP contribution in [0, 0.1) is 0 Å². The second-order valence-corrected chi connectivity index (χ2v) is 12.1. The van der Waals surface area contributed by atoms with E-state index in [9.17, 15) is 4.79 Å². The van der Waals surface area contributed by atoms with Gasteiger partial charge in [-0.1, -0.05) is 6.07 Å². The number of methoxy groups -OCH3 is 2. The van der Waals surface area contributed by atoms with E-state index in [0.29, 0.717) is 39.6 Å². The molecule has 0 fully saturated rings. The van der Waals surface area contributed by atoms with Gasteiger partial charge in [0.2, 0.25) is 0 Å². The maximum Gasteiger partial charge on any atom is 1.00 e. The molecule has 0 aliphatic heterocycles. The summed E-state index contributed by atoms with van der Waals surface area (Å²) in [4.78, 5) is 13.6. The molecule has 2 aromatic rings. The zero-order valence-electron chi connectivity index (χ0n) is 24.3. The molecule has 35 heavy (non-hydrogen) atoms. The first-order valence-electron chi connectivity index (χ1n) is 11.3. The van der Waals surface area contributed by atoms with E-state index in [2.05, 4.69) is 0 Å². The summed E-state index contributed by atoms with van der Waals surface area (Å²) in [7, 11) is 2.78. The van der Waals surface area contributed by atoms with Crippen LogP contribution in [0.2, 0.25) is 0 Å². The second kappa shape index (κ2) is 11.9. The van der Waals surface area contributed by atoms with Gasteiger partial charge in [-0.2, -0.15) is 0 Å². The van der Waals surface area contributed by atoms with Crippen molar-refractivity contribution in [3.63, 3.8) is 0 Å². The van der Waals surface area contributed by atoms with E-state index < -0.39 is 16.8 Å². The quantitative estimate of drug-likeness (QED) is 0.410. The molecule has 0 N–H and O–H groups in total. The number of ether oxygens (including phenoxy) is 5. The zero-order chi connectivity index (χ0) is 25.9. The molecule has 0 aromatic heterocycles. The van der Waals surface area contributed by atoms with Crippen molar-refractivity contribution in [1.29, 1.82) is 0 Å². The minimum absolute atomic E-state index is 0. The SMILES string of the molecule is COc1cccc(OC)c1C(=O)Pc1c(OC(C)(C)C)cc(OC(C)(C)C)cc1OC(C)(C)C.[H-].[Li+]. The van der Waals surface area contributed by atoms with Gasteiger partial charge in [-0.25, -0.2) is 0 Å². The number of rotatable bonds is 8. The Morgan fingerprint density at radius 3 is 1.46 bits per heavy atom. The van der Waals surface area contributed by atoms with Crippen molar-refractivity contribution in [2.75, 3.05) is 14.2 Å². The molecule has 0 aliphatic carbocycles. The van der Waals surface area contributed by atoms with Gasteiger partial charge in [0.1, 0.15) is 51.1 Å². The van der Waals surface area contributed by atoms with E-state index in [1.807, 2.05) is 74.4 Å². The first-order chi connectivity index (χ1) is 15.5. The molecule has 6 nitrogen and oxygen atoms in total. The van der Waals surface area contributed by atoms with Crippen molar-refractivity contribution < 1.29 is 48.8 Å². The van der Waals surface area contributed by atoms with Crippen molar-refractivity contribution in [3.05, 3.63) is 35.9 Å². The van der Waals surface area contributed by atoms with Gasteiger partial charge in [-0.15, -0.1) is 0 Å². The van der Waals surface area contributed by atoms with E-state index in [1.54, 1.807) is 18.2 Å². The Kier molecular flexibility index (Phi) is 10.6. The molecule has 0 saturated heterocycles. The maximum absolute atomic E-state index is 13.6. The Morgan fingerprint density at radius 2 is 1.11 bits per heavy atom. The molecular formula is C27H40LiO6P. The minimum Gasteiger partial charge on any atom is -1.00 e. The molecular weight excluding hydrogens is 458 g/mol. The summed E-state index contributed by atoms with van der Waals surface area (Å²) in [6.07, 6.45) is 0. The molecule has 0 spiro atoms. The summed E-state index contributed by atoms with van der Waals surface area (Å²) in [5, 5.41) is 0.670. The fourth-order valence-corrected chi connectivity index (χ4v) is 4.26. The minimum atomic E-state index is -0.496. The maximum atomic E-state index is 13.6. The van der Waals surface area contributed by atoms with Crippen LogP contribution in [0.15, 0.2) is 30.3 Å². The average molecular weight is 499 g/mol. The van der Waals surface area contributed by atoms with Gasteiger partial charge < -0.3 is 25.1 Å². The van der Waals surface area contributed by atoms with Crippen LogP contribution in [0.5, 0.6) is 28.7 Å². The molecule has 0 heterocycles. The predicted molar refractivity (Wildman–Crippen MR) is 141 cm³/mol. The topological polar surface area (TPSA) is 63.2 Å². The largest absolute Gasteiger partial charge is 1.00 e. The number of hydrogen-bond acceptors (Lipinski definition) is 6. The van der Waals surface area contributed by atoms with Crippen LogP contribution in [0.1, 0.15) is 74.1 Å². The van der Waals surface area contributed by atoms with Gasteiger partial charge in [0.15, 0.2) is 5.52 Å². The van der Waals surface area contributed by atoms with Crippen molar-refractivity contribution in [3.8, 4) is 28.7 Å². The molecule has 0 bridgehead atoms. The molecule has 2 aromatic carbocycles. The van der Waals surface area contributed by atoms with Gasteiger partial charge >= 0.3 is 18.9 Å². The van der Waals surface area contributed by atoms with Crippen LogP contribution < -0.4 is 47.8 Å². The van der Waals surface area contributed by atoms with E-state index in [0.717, 1.165) is 0 Å². The van der Waals surface area contributed by atoms with Crippen LogP contribution in [-0.2, 0) is 0 Å². The third kappa shape index (κ3) is 9.60. The molecule has 1 unspecified atom stereocenters. The normalized spacial score (nSPS) is 12.2. The van der Waals surface area contributed by atoms with Crippen molar-refractivity contribution in [2.45, 2.75) is 79.1 Å². The van der Waals surface area contributed by atoms with Crippen LogP contribution in [0.4, 0.5) is 0 Å². The van der Waals surface area contributed by atoms with Gasteiger partial charge in [0.05, 0.1) is 19.5 Å². The molecule has 0 aliphatic rings. The fourth-order valence-electron chi connectivity index (χ4n) is 3.17. The Bertz CT molecular complexity index is 963. The van der Waals surface area contributed by atoms with Gasteiger partial charge in [-0.3, -0.25) is 4.79 Å². The third-order valence-electron chi connectivity index (χ3n) is 4.19.